The molecule has 3 nitrogen and oxygen atoms in total. The van der Waals surface area contributed by atoms with Crippen LogP contribution < -0.4 is 4.74 Å². The number of halogens is 2. The minimum absolute atomic E-state index is 0.244. The number of aromatic nitrogens is 2. The van der Waals surface area contributed by atoms with Crippen LogP contribution in [-0.4, -0.2) is 16.7 Å². The fourth-order valence-corrected chi connectivity index (χ4v) is 2.99. The first-order chi connectivity index (χ1) is 11.1. The first-order valence-corrected chi connectivity index (χ1v) is 8.01. The van der Waals surface area contributed by atoms with Crippen molar-refractivity contribution in [3.8, 4) is 5.75 Å². The van der Waals surface area contributed by atoms with Gasteiger partial charge in [0.2, 0.25) is 0 Å². The number of imidazole rings is 1. The maximum Gasteiger partial charge on any atom is 0.124 e. The fourth-order valence-electron chi connectivity index (χ4n) is 2.48. The van der Waals surface area contributed by atoms with Gasteiger partial charge in [-0.1, -0.05) is 28.1 Å². The second-order valence-electron chi connectivity index (χ2n) is 5.27. The van der Waals surface area contributed by atoms with Crippen LogP contribution in [0.25, 0.3) is 0 Å². The number of methoxy groups -OCH3 is 1. The van der Waals surface area contributed by atoms with Crippen LogP contribution in [0, 0.1) is 5.82 Å². The van der Waals surface area contributed by atoms with Crippen LogP contribution in [0.1, 0.15) is 17.0 Å². The SMILES string of the molecule is COc1ccc(Cc2nccn2Cc2cc(F)cc(Br)c2)cc1. The van der Waals surface area contributed by atoms with Crippen molar-refractivity contribution in [3.05, 3.63) is 82.1 Å². The molecule has 3 aromatic rings. The summed E-state index contributed by atoms with van der Waals surface area (Å²) in [6, 6.07) is 12.8. The Labute approximate surface area is 142 Å². The first-order valence-electron chi connectivity index (χ1n) is 7.22. The molecule has 118 valence electrons. The van der Waals surface area contributed by atoms with Crippen LogP contribution >= 0.6 is 15.9 Å². The summed E-state index contributed by atoms with van der Waals surface area (Å²) in [5, 5.41) is 0. The van der Waals surface area contributed by atoms with E-state index in [1.54, 1.807) is 19.4 Å². The standard InChI is InChI=1S/C18H16BrFN2O/c1-23-17-4-2-13(3-5-17)10-18-21-6-7-22(18)12-14-8-15(19)11-16(20)9-14/h2-9,11H,10,12H2,1H3. The monoisotopic (exact) mass is 374 g/mol. The highest BCUT2D eigenvalue weighted by Crippen LogP contribution is 2.18. The van der Waals surface area contributed by atoms with E-state index in [2.05, 4.69) is 20.9 Å². The third-order valence-electron chi connectivity index (χ3n) is 3.60. The maximum absolute atomic E-state index is 13.5. The molecule has 1 heterocycles. The third kappa shape index (κ3) is 3.99. The zero-order chi connectivity index (χ0) is 16.2. The van der Waals surface area contributed by atoms with E-state index in [1.807, 2.05) is 41.1 Å². The van der Waals surface area contributed by atoms with Gasteiger partial charge in [-0.05, 0) is 41.5 Å². The van der Waals surface area contributed by atoms with Crippen molar-refractivity contribution in [2.24, 2.45) is 0 Å². The summed E-state index contributed by atoms with van der Waals surface area (Å²) in [7, 11) is 1.65. The van der Waals surface area contributed by atoms with Crippen LogP contribution in [0.2, 0.25) is 0 Å². The quantitative estimate of drug-likeness (QED) is 0.660. The summed E-state index contributed by atoms with van der Waals surface area (Å²) in [5.41, 5.74) is 2.05. The van der Waals surface area contributed by atoms with E-state index >= 15 is 0 Å². The average Bonchev–Trinajstić information content (AvgIpc) is 2.94. The molecular weight excluding hydrogens is 359 g/mol. The summed E-state index contributed by atoms with van der Waals surface area (Å²) in [6.45, 7) is 0.585. The van der Waals surface area contributed by atoms with Crippen molar-refractivity contribution in [2.75, 3.05) is 7.11 Å². The zero-order valence-electron chi connectivity index (χ0n) is 12.7. The lowest BCUT2D eigenvalue weighted by Gasteiger charge is -2.09. The second kappa shape index (κ2) is 6.96. The molecule has 0 unspecified atom stereocenters. The van der Waals surface area contributed by atoms with E-state index in [9.17, 15) is 4.39 Å². The maximum atomic E-state index is 13.5. The van der Waals surface area contributed by atoms with Crippen molar-refractivity contribution in [1.82, 2.24) is 9.55 Å². The summed E-state index contributed by atoms with van der Waals surface area (Å²) in [5.74, 6) is 1.53. The molecule has 0 N–H and O–H groups in total. The third-order valence-corrected chi connectivity index (χ3v) is 4.06. The molecular formula is C18H16BrFN2O. The topological polar surface area (TPSA) is 27.1 Å². The lowest BCUT2D eigenvalue weighted by molar-refractivity contribution is 0.414. The smallest absolute Gasteiger partial charge is 0.124 e. The predicted octanol–water partition coefficient (Wildman–Crippen LogP) is 4.43. The second-order valence-corrected chi connectivity index (χ2v) is 6.19. The van der Waals surface area contributed by atoms with E-state index in [0.717, 1.165) is 27.2 Å². The molecule has 1 aromatic heterocycles. The fraction of sp³-hybridized carbons (Fsp3) is 0.167. The summed E-state index contributed by atoms with van der Waals surface area (Å²) in [6.07, 6.45) is 4.40. The highest BCUT2D eigenvalue weighted by molar-refractivity contribution is 9.10. The van der Waals surface area contributed by atoms with Gasteiger partial charge in [-0.25, -0.2) is 9.37 Å². The normalized spacial score (nSPS) is 10.7. The molecule has 0 atom stereocenters. The molecule has 23 heavy (non-hydrogen) atoms. The minimum Gasteiger partial charge on any atom is -0.497 e. The Morgan fingerprint density at radius 3 is 2.61 bits per heavy atom. The van der Waals surface area contributed by atoms with Crippen LogP contribution in [-0.2, 0) is 13.0 Å². The van der Waals surface area contributed by atoms with E-state index in [4.69, 9.17) is 4.74 Å². The van der Waals surface area contributed by atoms with Gasteiger partial charge >= 0.3 is 0 Å². The van der Waals surface area contributed by atoms with Gasteiger partial charge in [0.05, 0.1) is 7.11 Å². The van der Waals surface area contributed by atoms with E-state index in [1.165, 1.54) is 6.07 Å². The minimum atomic E-state index is -0.244. The zero-order valence-corrected chi connectivity index (χ0v) is 14.3. The molecule has 3 rings (SSSR count). The predicted molar refractivity (Wildman–Crippen MR) is 91.2 cm³/mol. The van der Waals surface area contributed by atoms with Gasteiger partial charge in [-0.3, -0.25) is 0 Å². The van der Waals surface area contributed by atoms with Gasteiger partial charge in [0.15, 0.2) is 0 Å². The van der Waals surface area contributed by atoms with Crippen LogP contribution in [0.3, 0.4) is 0 Å². The van der Waals surface area contributed by atoms with E-state index < -0.39 is 0 Å². The Hall–Kier alpha value is -2.14. The van der Waals surface area contributed by atoms with Crippen molar-refractivity contribution in [1.29, 1.82) is 0 Å². The molecule has 0 saturated carbocycles. The average molecular weight is 375 g/mol. The molecule has 0 bridgehead atoms. The van der Waals surface area contributed by atoms with E-state index in [-0.39, 0.29) is 5.82 Å². The number of hydrogen-bond acceptors (Lipinski definition) is 2. The lowest BCUT2D eigenvalue weighted by Crippen LogP contribution is -2.05. The molecule has 0 saturated heterocycles. The van der Waals surface area contributed by atoms with Gasteiger partial charge in [-0.2, -0.15) is 0 Å². The highest BCUT2D eigenvalue weighted by atomic mass is 79.9. The number of ether oxygens (including phenoxy) is 1. The number of rotatable bonds is 5. The lowest BCUT2D eigenvalue weighted by atomic mass is 10.1. The van der Waals surface area contributed by atoms with E-state index in [0.29, 0.717) is 13.0 Å². The van der Waals surface area contributed by atoms with Gasteiger partial charge in [0.1, 0.15) is 17.4 Å². The van der Waals surface area contributed by atoms with Gasteiger partial charge in [0.25, 0.3) is 0 Å². The van der Waals surface area contributed by atoms with Crippen molar-refractivity contribution < 1.29 is 9.13 Å². The summed E-state index contributed by atoms with van der Waals surface area (Å²) < 4.78 is 21.5. The van der Waals surface area contributed by atoms with Crippen LogP contribution in [0.5, 0.6) is 5.75 Å². The molecule has 0 spiro atoms. The van der Waals surface area contributed by atoms with Crippen LogP contribution in [0.15, 0.2) is 59.3 Å². The Morgan fingerprint density at radius 1 is 1.13 bits per heavy atom. The van der Waals surface area contributed by atoms with Crippen molar-refractivity contribution >= 4 is 15.9 Å². The van der Waals surface area contributed by atoms with Crippen molar-refractivity contribution in [3.63, 3.8) is 0 Å². The van der Waals surface area contributed by atoms with Gasteiger partial charge in [-0.15, -0.1) is 0 Å². The molecule has 0 aliphatic heterocycles. The molecule has 0 aliphatic rings. The molecule has 2 aromatic carbocycles. The molecule has 0 fully saturated rings. The summed E-state index contributed by atoms with van der Waals surface area (Å²) in [4.78, 5) is 4.42. The Balaban J connectivity index is 1.78. The highest BCUT2D eigenvalue weighted by Gasteiger charge is 2.07. The first kappa shape index (κ1) is 15.7. The number of nitrogens with zero attached hydrogens (tertiary/aromatic N) is 2. The molecule has 0 radical (unpaired) electrons. The van der Waals surface area contributed by atoms with Crippen molar-refractivity contribution in [2.45, 2.75) is 13.0 Å². The Bertz CT molecular complexity index is 779. The number of hydrogen-bond donors (Lipinski definition) is 0. The summed E-state index contributed by atoms with van der Waals surface area (Å²) >= 11 is 3.33. The molecule has 5 heteroatoms. The Kier molecular flexibility index (Phi) is 4.76. The largest absolute Gasteiger partial charge is 0.497 e. The van der Waals surface area contributed by atoms with Crippen LogP contribution in [0.4, 0.5) is 4.39 Å². The molecule has 0 amide bonds. The molecule has 0 aliphatic carbocycles. The van der Waals surface area contributed by atoms with Gasteiger partial charge in [0, 0.05) is 29.8 Å². The van der Waals surface area contributed by atoms with Gasteiger partial charge < -0.3 is 9.30 Å². The number of benzene rings is 2. The Morgan fingerprint density at radius 2 is 1.91 bits per heavy atom.